The third kappa shape index (κ3) is 3.58. The molecule has 0 aliphatic carbocycles. The summed E-state index contributed by atoms with van der Waals surface area (Å²) in [6.07, 6.45) is 0. The molecule has 3 heterocycles. The van der Waals surface area contributed by atoms with Gasteiger partial charge in [0.2, 0.25) is 0 Å². The molecular weight excluding hydrogens is 392 g/mol. The fourth-order valence-corrected chi connectivity index (χ4v) is 4.94. The molecule has 5 nitrogen and oxygen atoms in total. The number of nitrogens with zero attached hydrogens (tertiary/aromatic N) is 4. The first-order valence-electron chi connectivity index (χ1n) is 10.2. The maximum atomic E-state index is 13.3. The highest BCUT2D eigenvalue weighted by Crippen LogP contribution is 2.29. The van der Waals surface area contributed by atoms with Gasteiger partial charge >= 0.3 is 0 Å². The molecule has 1 unspecified atom stereocenters. The number of likely N-dealkylation sites (N-methyl/N-ethyl adjacent to an activating group) is 1. The molecule has 0 spiro atoms. The van der Waals surface area contributed by atoms with Crippen LogP contribution in [0.1, 0.15) is 11.6 Å². The first kappa shape index (κ1) is 19.2. The first-order valence-corrected chi connectivity index (χ1v) is 11.1. The minimum Gasteiger partial charge on any atom is -0.303 e. The van der Waals surface area contributed by atoms with Gasteiger partial charge in [0.05, 0.1) is 16.9 Å². The molecule has 0 amide bonds. The summed E-state index contributed by atoms with van der Waals surface area (Å²) in [4.78, 5) is 19.1. The molecule has 1 atom stereocenters. The van der Waals surface area contributed by atoms with E-state index in [1.54, 1.807) is 16.0 Å². The monoisotopic (exact) mass is 416 g/mol. The first-order chi connectivity index (χ1) is 14.7. The number of aromatic nitrogens is 2. The molecule has 4 aromatic rings. The second-order valence-electron chi connectivity index (χ2n) is 7.82. The topological polar surface area (TPSA) is 41.4 Å². The van der Waals surface area contributed by atoms with Gasteiger partial charge in [-0.3, -0.25) is 9.69 Å². The molecule has 0 bridgehead atoms. The standard InChI is InChI=1S/C24H24N4OS/c1-26-13-14-27(21(16-26)18-8-3-2-4-9-18)17-28-24(29)20-11-6-5-10-19(20)23(25-28)22-12-7-15-30-22/h2-12,15,21H,13-14,16-17H2,1H3. The van der Waals surface area contributed by atoms with Gasteiger partial charge in [-0.15, -0.1) is 11.3 Å². The summed E-state index contributed by atoms with van der Waals surface area (Å²) in [5, 5.41) is 8.53. The van der Waals surface area contributed by atoms with Gasteiger partial charge < -0.3 is 4.90 Å². The fraction of sp³-hybridized carbons (Fsp3) is 0.250. The molecule has 152 valence electrons. The van der Waals surface area contributed by atoms with E-state index >= 15 is 0 Å². The van der Waals surface area contributed by atoms with Crippen LogP contribution in [0.4, 0.5) is 0 Å². The fourth-order valence-electron chi connectivity index (χ4n) is 4.22. The van der Waals surface area contributed by atoms with Crippen molar-refractivity contribution in [3.8, 4) is 10.6 Å². The maximum absolute atomic E-state index is 13.3. The van der Waals surface area contributed by atoms with Gasteiger partial charge in [-0.25, -0.2) is 4.68 Å². The molecule has 2 aromatic heterocycles. The number of hydrogen-bond donors (Lipinski definition) is 0. The Bertz CT molecular complexity index is 1200. The van der Waals surface area contributed by atoms with E-state index in [1.807, 2.05) is 41.8 Å². The van der Waals surface area contributed by atoms with Gasteiger partial charge in [0, 0.05) is 31.1 Å². The molecule has 0 N–H and O–H groups in total. The molecule has 6 heteroatoms. The summed E-state index contributed by atoms with van der Waals surface area (Å²) in [7, 11) is 2.16. The molecule has 0 radical (unpaired) electrons. The Morgan fingerprint density at radius 3 is 2.50 bits per heavy atom. The number of hydrogen-bond acceptors (Lipinski definition) is 5. The van der Waals surface area contributed by atoms with E-state index in [4.69, 9.17) is 5.10 Å². The summed E-state index contributed by atoms with van der Waals surface area (Å²) < 4.78 is 1.65. The zero-order valence-electron chi connectivity index (χ0n) is 16.9. The summed E-state index contributed by atoms with van der Waals surface area (Å²) in [5.74, 6) is 0. The Morgan fingerprint density at radius 1 is 0.967 bits per heavy atom. The van der Waals surface area contributed by atoms with E-state index < -0.39 is 0 Å². The third-order valence-electron chi connectivity index (χ3n) is 5.82. The molecule has 5 rings (SSSR count). The summed E-state index contributed by atoms with van der Waals surface area (Å²) >= 11 is 1.65. The van der Waals surface area contributed by atoms with Gasteiger partial charge in [-0.1, -0.05) is 54.6 Å². The highest BCUT2D eigenvalue weighted by molar-refractivity contribution is 7.13. The summed E-state index contributed by atoms with van der Waals surface area (Å²) in [6, 6.07) is 22.7. The lowest BCUT2D eigenvalue weighted by Gasteiger charge is -2.40. The average Bonchev–Trinajstić information content (AvgIpc) is 3.32. The Hall–Kier alpha value is -2.80. The normalized spacial score (nSPS) is 18.1. The van der Waals surface area contributed by atoms with E-state index in [2.05, 4.69) is 47.2 Å². The van der Waals surface area contributed by atoms with Gasteiger partial charge in [-0.05, 0) is 30.1 Å². The van der Waals surface area contributed by atoms with E-state index in [1.165, 1.54) is 5.56 Å². The van der Waals surface area contributed by atoms with E-state index in [9.17, 15) is 4.79 Å². The SMILES string of the molecule is CN1CCN(Cn2nc(-c3cccs3)c3ccccc3c2=O)C(c2ccccc2)C1. The van der Waals surface area contributed by atoms with Crippen molar-refractivity contribution in [2.24, 2.45) is 0 Å². The molecule has 1 aliphatic heterocycles. The predicted molar refractivity (Wildman–Crippen MR) is 123 cm³/mol. The lowest BCUT2D eigenvalue weighted by Crippen LogP contribution is -2.48. The maximum Gasteiger partial charge on any atom is 0.275 e. The summed E-state index contributed by atoms with van der Waals surface area (Å²) in [6.45, 7) is 3.29. The molecular formula is C24H24N4OS. The minimum absolute atomic E-state index is 0.0309. The highest BCUT2D eigenvalue weighted by atomic mass is 32.1. The molecule has 0 saturated carbocycles. The van der Waals surface area contributed by atoms with Crippen LogP contribution < -0.4 is 5.56 Å². The minimum atomic E-state index is -0.0309. The van der Waals surface area contributed by atoms with Crippen LogP contribution in [0.2, 0.25) is 0 Å². The molecule has 30 heavy (non-hydrogen) atoms. The average molecular weight is 417 g/mol. The van der Waals surface area contributed by atoms with Crippen LogP contribution in [0.15, 0.2) is 76.9 Å². The predicted octanol–water partition coefficient (Wildman–Crippen LogP) is 4.07. The van der Waals surface area contributed by atoms with Crippen molar-refractivity contribution >= 4 is 22.1 Å². The smallest absolute Gasteiger partial charge is 0.275 e. The van der Waals surface area contributed by atoms with Gasteiger partial charge in [-0.2, -0.15) is 5.10 Å². The molecule has 1 saturated heterocycles. The van der Waals surface area contributed by atoms with Crippen LogP contribution in [0.5, 0.6) is 0 Å². The zero-order chi connectivity index (χ0) is 20.5. The Kier molecular flexibility index (Phi) is 5.21. The van der Waals surface area contributed by atoms with Crippen molar-refractivity contribution in [3.63, 3.8) is 0 Å². The highest BCUT2D eigenvalue weighted by Gasteiger charge is 2.27. The largest absolute Gasteiger partial charge is 0.303 e. The Labute approximate surface area is 179 Å². The van der Waals surface area contributed by atoms with Crippen molar-refractivity contribution in [1.29, 1.82) is 0 Å². The van der Waals surface area contributed by atoms with E-state index in [0.717, 1.165) is 41.0 Å². The Balaban J connectivity index is 1.58. The van der Waals surface area contributed by atoms with Crippen LogP contribution in [0.25, 0.3) is 21.3 Å². The number of thiophene rings is 1. The van der Waals surface area contributed by atoms with Crippen LogP contribution in [-0.4, -0.2) is 46.3 Å². The van der Waals surface area contributed by atoms with E-state index in [0.29, 0.717) is 6.67 Å². The second kappa shape index (κ2) is 8.14. The number of benzene rings is 2. The Morgan fingerprint density at radius 2 is 1.73 bits per heavy atom. The van der Waals surface area contributed by atoms with Crippen LogP contribution in [0.3, 0.4) is 0 Å². The van der Waals surface area contributed by atoms with Crippen molar-refractivity contribution in [2.75, 3.05) is 26.7 Å². The van der Waals surface area contributed by atoms with Crippen LogP contribution in [-0.2, 0) is 6.67 Å². The van der Waals surface area contributed by atoms with Gasteiger partial charge in [0.15, 0.2) is 0 Å². The number of fused-ring (bicyclic) bond motifs is 1. The van der Waals surface area contributed by atoms with Crippen LogP contribution >= 0.6 is 11.3 Å². The lowest BCUT2D eigenvalue weighted by molar-refractivity contribution is 0.0576. The van der Waals surface area contributed by atoms with Crippen molar-refractivity contribution < 1.29 is 0 Å². The molecule has 1 fully saturated rings. The van der Waals surface area contributed by atoms with Crippen molar-refractivity contribution in [1.82, 2.24) is 19.6 Å². The van der Waals surface area contributed by atoms with Crippen molar-refractivity contribution in [3.05, 3.63) is 88.0 Å². The zero-order valence-corrected chi connectivity index (χ0v) is 17.8. The second-order valence-corrected chi connectivity index (χ2v) is 8.77. The quantitative estimate of drug-likeness (QED) is 0.503. The number of rotatable bonds is 4. The molecule has 1 aliphatic rings. The molecule has 2 aromatic carbocycles. The van der Waals surface area contributed by atoms with E-state index in [-0.39, 0.29) is 11.6 Å². The van der Waals surface area contributed by atoms with Gasteiger partial charge in [0.1, 0.15) is 5.69 Å². The summed E-state index contributed by atoms with van der Waals surface area (Å²) in [5.41, 5.74) is 2.12. The van der Waals surface area contributed by atoms with Gasteiger partial charge in [0.25, 0.3) is 5.56 Å². The van der Waals surface area contributed by atoms with Crippen LogP contribution in [0, 0.1) is 0 Å². The lowest BCUT2D eigenvalue weighted by atomic mass is 10.0. The van der Waals surface area contributed by atoms with Crippen molar-refractivity contribution in [2.45, 2.75) is 12.7 Å². The third-order valence-corrected chi connectivity index (χ3v) is 6.69. The number of piperazine rings is 1.